The summed E-state index contributed by atoms with van der Waals surface area (Å²) in [4.78, 5) is 0. The summed E-state index contributed by atoms with van der Waals surface area (Å²) < 4.78 is 11.1. The van der Waals surface area contributed by atoms with Crippen LogP contribution < -0.4 is 0 Å². The van der Waals surface area contributed by atoms with Crippen LogP contribution in [0.5, 0.6) is 0 Å². The Morgan fingerprint density at radius 2 is 2.25 bits per heavy atom. The van der Waals surface area contributed by atoms with Gasteiger partial charge in [0.2, 0.25) is 0 Å². The Bertz CT molecular complexity index is 25.2. The molecule has 1 rings (SSSR count). The predicted octanol–water partition coefficient (Wildman–Crippen LogP) is 1.03. The van der Waals surface area contributed by atoms with Crippen LogP contribution in [0, 0.1) is 0 Å². The monoisotopic (exact) mass is 78.0 g/mol. The summed E-state index contributed by atoms with van der Waals surface area (Å²) in [6.07, 6.45) is 0. The predicted molar refractivity (Wildman–Crippen MR) is 17.4 cm³/mol. The van der Waals surface area contributed by atoms with E-state index in [9.17, 15) is 4.39 Å². The van der Waals surface area contributed by atoms with Crippen LogP contribution in [-0.2, 0) is 0 Å². The molecular weight excluding hydrogens is 75.1 g/mol. The highest BCUT2D eigenvalue weighted by Crippen LogP contribution is 2.30. The highest BCUT2D eigenvalue weighted by Gasteiger charge is 2.19. The van der Waals surface area contributed by atoms with Crippen LogP contribution >= 0.6 is 11.8 Å². The van der Waals surface area contributed by atoms with E-state index >= 15 is 0 Å². The molecule has 1 aliphatic heterocycles. The molecule has 1 saturated heterocycles. The lowest BCUT2D eigenvalue weighted by atomic mass is 10.9. The van der Waals surface area contributed by atoms with E-state index in [1.807, 2.05) is 0 Å². The maximum absolute atomic E-state index is 11.1. The minimum Gasteiger partial charge on any atom is -0.235 e. The standard InChI is InChI=1S/C2H3FS/c3-2-1-4-2/h2H,1H2/t2-/m0/s1. The van der Waals surface area contributed by atoms with Gasteiger partial charge in [0.05, 0.1) is 0 Å². The lowest BCUT2D eigenvalue weighted by Crippen LogP contribution is -1.52. The molecule has 0 amide bonds. The van der Waals surface area contributed by atoms with Crippen molar-refractivity contribution in [2.24, 2.45) is 0 Å². The third kappa shape index (κ3) is 0.347. The van der Waals surface area contributed by atoms with Crippen molar-refractivity contribution in [3.63, 3.8) is 0 Å². The number of hydrogen-bond acceptors (Lipinski definition) is 1. The van der Waals surface area contributed by atoms with E-state index in [0.717, 1.165) is 5.75 Å². The van der Waals surface area contributed by atoms with E-state index in [0.29, 0.717) is 0 Å². The van der Waals surface area contributed by atoms with Crippen LogP contribution in [0.4, 0.5) is 4.39 Å². The fourth-order valence-corrected chi connectivity index (χ4v) is 0.109. The molecule has 1 aliphatic rings. The minimum absolute atomic E-state index is 0.500. The first-order valence-corrected chi connectivity index (χ1v) is 2.20. The van der Waals surface area contributed by atoms with E-state index in [-0.39, 0.29) is 0 Å². The first-order valence-electron chi connectivity index (χ1n) is 1.15. The van der Waals surface area contributed by atoms with Gasteiger partial charge in [-0.3, -0.25) is 0 Å². The van der Waals surface area contributed by atoms with Crippen molar-refractivity contribution < 1.29 is 4.39 Å². The van der Waals surface area contributed by atoms with Gasteiger partial charge in [-0.1, -0.05) is 0 Å². The number of halogens is 1. The molecule has 0 aromatic rings. The zero-order valence-electron chi connectivity index (χ0n) is 2.07. The molecule has 0 spiro atoms. The van der Waals surface area contributed by atoms with Gasteiger partial charge in [0.25, 0.3) is 0 Å². The van der Waals surface area contributed by atoms with Gasteiger partial charge < -0.3 is 0 Å². The van der Waals surface area contributed by atoms with Crippen molar-refractivity contribution in [3.05, 3.63) is 0 Å². The first-order chi connectivity index (χ1) is 1.89. The number of thioether (sulfide) groups is 1. The summed E-state index contributed by atoms with van der Waals surface area (Å²) in [7, 11) is 0. The molecule has 0 radical (unpaired) electrons. The first kappa shape index (κ1) is 2.51. The van der Waals surface area contributed by atoms with E-state index < -0.39 is 5.50 Å². The van der Waals surface area contributed by atoms with Gasteiger partial charge in [0, 0.05) is 5.75 Å². The van der Waals surface area contributed by atoms with Crippen LogP contribution in [0.2, 0.25) is 0 Å². The summed E-state index contributed by atoms with van der Waals surface area (Å²) in [5.41, 5.74) is -0.500. The SMILES string of the molecule is F[C@@H]1CS1. The third-order valence-electron chi connectivity index (χ3n) is 0.293. The van der Waals surface area contributed by atoms with Crippen LogP contribution in [0.15, 0.2) is 0 Å². The molecule has 0 saturated carbocycles. The zero-order valence-corrected chi connectivity index (χ0v) is 2.89. The van der Waals surface area contributed by atoms with Crippen molar-refractivity contribution >= 4 is 11.8 Å². The molecule has 1 atom stereocenters. The smallest absolute Gasteiger partial charge is 0.155 e. The van der Waals surface area contributed by atoms with E-state index in [1.165, 1.54) is 11.8 Å². The summed E-state index contributed by atoms with van der Waals surface area (Å²) in [5, 5.41) is 0. The van der Waals surface area contributed by atoms with Gasteiger partial charge in [-0.15, -0.1) is 11.8 Å². The largest absolute Gasteiger partial charge is 0.235 e. The lowest BCUT2D eigenvalue weighted by molar-refractivity contribution is 0.524. The maximum Gasteiger partial charge on any atom is 0.155 e. The zero-order chi connectivity index (χ0) is 2.99. The molecule has 0 aromatic heterocycles. The second-order valence-corrected chi connectivity index (χ2v) is 1.92. The Balaban J connectivity index is 2.17. The molecule has 24 valence electrons. The molecule has 1 heterocycles. The van der Waals surface area contributed by atoms with Crippen molar-refractivity contribution in [2.75, 3.05) is 5.75 Å². The van der Waals surface area contributed by atoms with Crippen LogP contribution in [-0.4, -0.2) is 11.3 Å². The van der Waals surface area contributed by atoms with Gasteiger partial charge >= 0.3 is 0 Å². The van der Waals surface area contributed by atoms with Crippen LogP contribution in [0.1, 0.15) is 0 Å². The van der Waals surface area contributed by atoms with E-state index in [4.69, 9.17) is 0 Å². The van der Waals surface area contributed by atoms with Gasteiger partial charge in [-0.25, -0.2) is 4.39 Å². The Hall–Kier alpha value is 0.280. The lowest BCUT2D eigenvalue weighted by Gasteiger charge is -1.48. The van der Waals surface area contributed by atoms with Gasteiger partial charge in [0.1, 0.15) is 0 Å². The molecule has 0 N–H and O–H groups in total. The quantitative estimate of drug-likeness (QED) is 0.390. The second kappa shape index (κ2) is 0.612. The van der Waals surface area contributed by atoms with Crippen molar-refractivity contribution in [1.29, 1.82) is 0 Å². The van der Waals surface area contributed by atoms with Crippen molar-refractivity contribution in [3.8, 4) is 0 Å². The fourth-order valence-electron chi connectivity index (χ4n) is 0.0364. The highest BCUT2D eigenvalue weighted by molar-refractivity contribution is 8.06. The average Bonchev–Trinajstić information content (AvgIpc) is 1.75. The summed E-state index contributed by atoms with van der Waals surface area (Å²) in [6.45, 7) is 0. The molecular formula is C2H3FS. The van der Waals surface area contributed by atoms with Gasteiger partial charge in [0.15, 0.2) is 5.50 Å². The summed E-state index contributed by atoms with van der Waals surface area (Å²) in [6, 6.07) is 0. The van der Waals surface area contributed by atoms with Gasteiger partial charge in [-0.05, 0) is 0 Å². The van der Waals surface area contributed by atoms with Gasteiger partial charge in [-0.2, -0.15) is 0 Å². The summed E-state index contributed by atoms with van der Waals surface area (Å²) in [5.74, 6) is 0.736. The molecule has 0 aliphatic carbocycles. The Labute approximate surface area is 28.4 Å². The highest BCUT2D eigenvalue weighted by atomic mass is 32.2. The Morgan fingerprint density at radius 3 is 2.25 bits per heavy atom. The van der Waals surface area contributed by atoms with Crippen molar-refractivity contribution in [1.82, 2.24) is 0 Å². The number of alkyl halides is 1. The topological polar surface area (TPSA) is 0 Å². The molecule has 4 heavy (non-hydrogen) atoms. The third-order valence-corrected chi connectivity index (χ3v) is 0.878. The molecule has 0 unspecified atom stereocenters. The van der Waals surface area contributed by atoms with E-state index in [1.54, 1.807) is 0 Å². The summed E-state index contributed by atoms with van der Waals surface area (Å²) >= 11 is 1.36. The minimum atomic E-state index is -0.500. The maximum atomic E-state index is 11.1. The molecule has 0 bridgehead atoms. The molecule has 0 aromatic carbocycles. The number of rotatable bonds is 0. The normalized spacial score (nSPS) is 39.8. The number of hydrogen-bond donors (Lipinski definition) is 0. The van der Waals surface area contributed by atoms with Crippen LogP contribution in [0.3, 0.4) is 0 Å². The molecule has 0 nitrogen and oxygen atoms in total. The average molecular weight is 78.1 g/mol. The molecule has 1 fully saturated rings. The second-order valence-electron chi connectivity index (χ2n) is 0.743. The fraction of sp³-hybridized carbons (Fsp3) is 1.00. The molecule has 2 heteroatoms. The van der Waals surface area contributed by atoms with Crippen molar-refractivity contribution in [2.45, 2.75) is 5.50 Å². The van der Waals surface area contributed by atoms with E-state index in [2.05, 4.69) is 0 Å². The Kier molecular flexibility index (Phi) is 0.384. The Morgan fingerprint density at radius 1 is 2.00 bits per heavy atom. The van der Waals surface area contributed by atoms with Crippen LogP contribution in [0.25, 0.3) is 0 Å².